The number of nitrogens with zero attached hydrogens (tertiary/aromatic N) is 3. The predicted octanol–water partition coefficient (Wildman–Crippen LogP) is 6.31. The summed E-state index contributed by atoms with van der Waals surface area (Å²) >= 11 is 6.61. The Balaban J connectivity index is 1.72. The summed E-state index contributed by atoms with van der Waals surface area (Å²) in [5.74, 6) is -0.124. The maximum absolute atomic E-state index is 12.0. The van der Waals surface area contributed by atoms with Gasteiger partial charge < -0.3 is 14.4 Å². The van der Waals surface area contributed by atoms with Gasteiger partial charge in [-0.25, -0.2) is 14.6 Å². The zero-order valence-corrected chi connectivity index (χ0v) is 20.8. The molecule has 0 bridgehead atoms. The smallest absolute Gasteiger partial charge is 0.413 e. The number of carbonyl (C=O) groups is 2. The summed E-state index contributed by atoms with van der Waals surface area (Å²) < 4.78 is 7.14. The molecule has 0 aliphatic carbocycles. The van der Waals surface area contributed by atoms with E-state index in [1.54, 1.807) is 38.2 Å². The molecule has 0 fully saturated rings. The van der Waals surface area contributed by atoms with Gasteiger partial charge in [-0.2, -0.15) is 0 Å². The van der Waals surface area contributed by atoms with Crippen LogP contribution in [0.15, 0.2) is 54.6 Å². The number of hydrogen-bond donors (Lipinski definition) is 1. The molecule has 4 aromatic rings. The first-order valence-corrected chi connectivity index (χ1v) is 11.6. The van der Waals surface area contributed by atoms with Crippen molar-refractivity contribution in [3.05, 3.63) is 82.1 Å². The topological polar surface area (TPSA) is 84.7 Å². The van der Waals surface area contributed by atoms with E-state index in [0.29, 0.717) is 23.9 Å². The van der Waals surface area contributed by atoms with Crippen molar-refractivity contribution in [2.45, 2.75) is 27.3 Å². The minimum atomic E-state index is -0.961. The lowest BCUT2D eigenvalue weighted by Gasteiger charge is -2.18. The van der Waals surface area contributed by atoms with E-state index in [-0.39, 0.29) is 5.56 Å². The number of benzene rings is 3. The van der Waals surface area contributed by atoms with Crippen molar-refractivity contribution in [1.82, 2.24) is 9.55 Å². The normalized spacial score (nSPS) is 11.0. The van der Waals surface area contributed by atoms with Crippen LogP contribution in [0.2, 0.25) is 5.02 Å². The summed E-state index contributed by atoms with van der Waals surface area (Å²) in [7, 11) is 1.64. The monoisotopic (exact) mass is 491 g/mol. The number of amides is 1. The highest BCUT2D eigenvalue weighted by molar-refractivity contribution is 6.31. The molecule has 0 saturated heterocycles. The SMILES string of the molecule is CCOC(=O)N(C)c1ccc(Cn2c(C)nc3c(C)cc(-c4cccc(C(=O)O)c4)cc32)c(Cl)c1. The minimum absolute atomic E-state index is 0.240. The Morgan fingerprint density at radius 3 is 2.54 bits per heavy atom. The molecule has 0 radical (unpaired) electrons. The molecular weight excluding hydrogens is 466 g/mol. The molecule has 7 nitrogen and oxygen atoms in total. The second kappa shape index (κ2) is 9.80. The first-order chi connectivity index (χ1) is 16.7. The van der Waals surface area contributed by atoms with E-state index in [1.807, 2.05) is 44.2 Å². The second-order valence-corrected chi connectivity index (χ2v) is 8.73. The van der Waals surface area contributed by atoms with Gasteiger partial charge in [-0.15, -0.1) is 0 Å². The van der Waals surface area contributed by atoms with Crippen LogP contribution >= 0.6 is 11.6 Å². The number of carbonyl (C=O) groups excluding carboxylic acids is 1. The Bertz CT molecular complexity index is 1440. The van der Waals surface area contributed by atoms with Gasteiger partial charge in [0.2, 0.25) is 0 Å². The van der Waals surface area contributed by atoms with Crippen molar-refractivity contribution in [1.29, 1.82) is 0 Å². The summed E-state index contributed by atoms with van der Waals surface area (Å²) in [6, 6.07) is 16.4. The highest BCUT2D eigenvalue weighted by Gasteiger charge is 2.16. The van der Waals surface area contributed by atoms with Gasteiger partial charge in [0.25, 0.3) is 0 Å². The molecule has 1 aromatic heterocycles. The van der Waals surface area contributed by atoms with Gasteiger partial charge in [0.05, 0.1) is 29.7 Å². The van der Waals surface area contributed by atoms with Crippen LogP contribution in [0.5, 0.6) is 0 Å². The van der Waals surface area contributed by atoms with Crippen molar-refractivity contribution >= 4 is 40.4 Å². The van der Waals surface area contributed by atoms with E-state index in [9.17, 15) is 14.7 Å². The summed E-state index contributed by atoms with van der Waals surface area (Å²) in [5, 5.41) is 9.91. The molecule has 1 heterocycles. The van der Waals surface area contributed by atoms with E-state index in [1.165, 1.54) is 4.90 Å². The summed E-state index contributed by atoms with van der Waals surface area (Å²) in [4.78, 5) is 29.7. The van der Waals surface area contributed by atoms with E-state index in [0.717, 1.165) is 39.1 Å². The quantitative estimate of drug-likeness (QED) is 0.341. The number of ether oxygens (including phenoxy) is 1. The van der Waals surface area contributed by atoms with Crippen LogP contribution in [-0.2, 0) is 11.3 Å². The average Bonchev–Trinajstić information content (AvgIpc) is 3.15. The summed E-state index contributed by atoms with van der Waals surface area (Å²) in [6.45, 7) is 6.49. The molecule has 0 aliphatic rings. The maximum atomic E-state index is 12.0. The van der Waals surface area contributed by atoms with Gasteiger partial charge in [-0.3, -0.25) is 4.90 Å². The van der Waals surface area contributed by atoms with E-state index in [4.69, 9.17) is 21.3 Å². The third kappa shape index (κ3) is 4.86. The number of anilines is 1. The molecular formula is C27H26ClN3O4. The average molecular weight is 492 g/mol. The number of aromatic carboxylic acids is 1. The lowest BCUT2D eigenvalue weighted by molar-refractivity contribution is 0.0697. The minimum Gasteiger partial charge on any atom is -0.478 e. The Labute approximate surface area is 208 Å². The Hall–Kier alpha value is -3.84. The molecule has 1 N–H and O–H groups in total. The Morgan fingerprint density at radius 2 is 1.86 bits per heavy atom. The van der Waals surface area contributed by atoms with Crippen LogP contribution in [-0.4, -0.2) is 40.4 Å². The standard InChI is InChI=1S/C27H26ClN3O4/c1-5-35-27(34)30(4)22-10-9-20(23(28)14-22)15-31-17(3)29-25-16(2)11-21(13-24(25)31)18-7-6-8-19(12-18)26(32)33/h6-14H,5,15H2,1-4H3,(H,32,33). The molecule has 0 aliphatic heterocycles. The van der Waals surface area contributed by atoms with Gasteiger partial charge in [-0.1, -0.05) is 29.8 Å². The number of carboxylic acid groups (broad SMARTS) is 1. The van der Waals surface area contributed by atoms with Crippen molar-refractivity contribution < 1.29 is 19.4 Å². The van der Waals surface area contributed by atoms with Gasteiger partial charge in [0.1, 0.15) is 5.82 Å². The van der Waals surface area contributed by atoms with Crippen molar-refractivity contribution in [2.24, 2.45) is 0 Å². The molecule has 0 spiro atoms. The van der Waals surface area contributed by atoms with Crippen molar-refractivity contribution in [3.8, 4) is 11.1 Å². The number of rotatable bonds is 6. The van der Waals surface area contributed by atoms with Crippen LogP contribution < -0.4 is 4.90 Å². The number of halogens is 1. The number of aromatic nitrogens is 2. The Kier molecular flexibility index (Phi) is 6.80. The van der Waals surface area contributed by atoms with E-state index >= 15 is 0 Å². The third-order valence-electron chi connectivity index (χ3n) is 5.97. The number of fused-ring (bicyclic) bond motifs is 1. The molecule has 3 aromatic carbocycles. The maximum Gasteiger partial charge on any atom is 0.413 e. The lowest BCUT2D eigenvalue weighted by Crippen LogP contribution is -2.27. The molecule has 0 unspecified atom stereocenters. The largest absolute Gasteiger partial charge is 0.478 e. The number of aryl methyl sites for hydroxylation is 2. The fourth-order valence-electron chi connectivity index (χ4n) is 4.08. The third-order valence-corrected chi connectivity index (χ3v) is 6.32. The van der Waals surface area contributed by atoms with E-state index < -0.39 is 12.1 Å². The Morgan fingerprint density at radius 1 is 1.09 bits per heavy atom. The first-order valence-electron chi connectivity index (χ1n) is 11.2. The van der Waals surface area contributed by atoms with Crippen LogP contribution in [0, 0.1) is 13.8 Å². The van der Waals surface area contributed by atoms with Gasteiger partial charge in [0.15, 0.2) is 0 Å². The molecule has 0 atom stereocenters. The summed E-state index contributed by atoms with van der Waals surface area (Å²) in [5.41, 5.74) is 6.31. The molecule has 1 amide bonds. The highest BCUT2D eigenvalue weighted by Crippen LogP contribution is 2.31. The molecule has 8 heteroatoms. The van der Waals surface area contributed by atoms with Crippen LogP contribution in [0.1, 0.15) is 34.2 Å². The van der Waals surface area contributed by atoms with Crippen LogP contribution in [0.4, 0.5) is 10.5 Å². The van der Waals surface area contributed by atoms with Crippen LogP contribution in [0.3, 0.4) is 0 Å². The fraction of sp³-hybridized carbons (Fsp3) is 0.222. The van der Waals surface area contributed by atoms with Crippen molar-refractivity contribution in [3.63, 3.8) is 0 Å². The zero-order chi connectivity index (χ0) is 25.3. The number of hydrogen-bond acceptors (Lipinski definition) is 4. The first kappa shape index (κ1) is 24.3. The molecule has 180 valence electrons. The fourth-order valence-corrected chi connectivity index (χ4v) is 4.31. The zero-order valence-electron chi connectivity index (χ0n) is 20.0. The summed E-state index contributed by atoms with van der Waals surface area (Å²) in [6.07, 6.45) is -0.442. The van der Waals surface area contributed by atoms with Gasteiger partial charge >= 0.3 is 12.1 Å². The number of imidazole rings is 1. The molecule has 35 heavy (non-hydrogen) atoms. The lowest BCUT2D eigenvalue weighted by atomic mass is 10.0. The second-order valence-electron chi connectivity index (χ2n) is 8.33. The molecule has 0 saturated carbocycles. The van der Waals surface area contributed by atoms with Gasteiger partial charge in [0, 0.05) is 17.8 Å². The number of carboxylic acids is 1. The van der Waals surface area contributed by atoms with Gasteiger partial charge in [-0.05, 0) is 79.4 Å². The van der Waals surface area contributed by atoms with Crippen molar-refractivity contribution in [2.75, 3.05) is 18.6 Å². The highest BCUT2D eigenvalue weighted by atomic mass is 35.5. The molecule has 4 rings (SSSR count). The van der Waals surface area contributed by atoms with Crippen LogP contribution in [0.25, 0.3) is 22.2 Å². The predicted molar refractivity (Wildman–Crippen MR) is 138 cm³/mol. The van der Waals surface area contributed by atoms with E-state index in [2.05, 4.69) is 4.57 Å².